The van der Waals surface area contributed by atoms with E-state index in [1.54, 1.807) is 6.20 Å². The summed E-state index contributed by atoms with van der Waals surface area (Å²) < 4.78 is 2.07. The second kappa shape index (κ2) is 6.19. The van der Waals surface area contributed by atoms with Gasteiger partial charge < -0.3 is 15.2 Å². The summed E-state index contributed by atoms with van der Waals surface area (Å²) in [4.78, 5) is 18.5. The molecule has 27 heavy (non-hydrogen) atoms. The van der Waals surface area contributed by atoms with Crippen molar-refractivity contribution in [2.24, 2.45) is 0 Å². The molecule has 0 spiro atoms. The third-order valence-corrected chi connectivity index (χ3v) is 4.80. The summed E-state index contributed by atoms with van der Waals surface area (Å²) >= 11 is 0. The highest BCUT2D eigenvalue weighted by atomic mass is 15.2. The molecule has 7 nitrogen and oxygen atoms in total. The molecule has 3 aromatic heterocycles. The number of imidazole rings is 1. The molecule has 2 N–H and O–H groups in total. The van der Waals surface area contributed by atoms with Gasteiger partial charge in [0, 0.05) is 23.7 Å². The Morgan fingerprint density at radius 3 is 2.70 bits per heavy atom. The van der Waals surface area contributed by atoms with E-state index in [-0.39, 0.29) is 6.04 Å². The lowest BCUT2D eigenvalue weighted by Gasteiger charge is -2.12. The van der Waals surface area contributed by atoms with Gasteiger partial charge in [0.2, 0.25) is 5.95 Å². The molecule has 0 aliphatic heterocycles. The van der Waals surface area contributed by atoms with Crippen LogP contribution in [0.25, 0.3) is 21.9 Å². The standard InChI is InChI=1S/C20H21N7/c1-12(2)27-11-22-16-18(23-14-7-8-14)25-20(26-19(16)27)24-17-15-6-4-3-5-13(15)9-10-21-17/h3-6,9-12,14H,7-8H2,1-2H3,(H2,21,23,24,25,26). The molecule has 0 saturated heterocycles. The van der Waals surface area contributed by atoms with Gasteiger partial charge in [0.15, 0.2) is 17.0 Å². The third kappa shape index (κ3) is 2.95. The minimum atomic E-state index is 0.266. The molecular formula is C20H21N7. The Bertz CT molecular complexity index is 1120. The Labute approximate surface area is 156 Å². The van der Waals surface area contributed by atoms with Crippen molar-refractivity contribution in [1.82, 2.24) is 24.5 Å². The Kier molecular flexibility index (Phi) is 3.67. The van der Waals surface area contributed by atoms with E-state index in [1.807, 2.05) is 30.6 Å². The maximum atomic E-state index is 4.75. The van der Waals surface area contributed by atoms with Crippen LogP contribution < -0.4 is 10.6 Å². The smallest absolute Gasteiger partial charge is 0.232 e. The van der Waals surface area contributed by atoms with Gasteiger partial charge in [0.1, 0.15) is 5.82 Å². The second-order valence-electron chi connectivity index (χ2n) is 7.24. The first kappa shape index (κ1) is 16.0. The summed E-state index contributed by atoms with van der Waals surface area (Å²) in [7, 11) is 0. The van der Waals surface area contributed by atoms with Crippen LogP contribution in [-0.2, 0) is 0 Å². The molecule has 136 valence electrons. The predicted octanol–water partition coefficient (Wildman–Crippen LogP) is 4.27. The third-order valence-electron chi connectivity index (χ3n) is 4.80. The first-order chi connectivity index (χ1) is 13.2. The number of nitrogens with one attached hydrogen (secondary N) is 2. The molecule has 1 saturated carbocycles. The Hall–Kier alpha value is -3.22. The van der Waals surface area contributed by atoms with E-state index in [2.05, 4.69) is 45.1 Å². The number of aromatic nitrogens is 5. The number of nitrogens with zero attached hydrogens (tertiary/aromatic N) is 5. The minimum Gasteiger partial charge on any atom is -0.365 e. The maximum Gasteiger partial charge on any atom is 0.232 e. The SMILES string of the molecule is CC(C)n1cnc2c(NC3CC3)nc(Nc3nccc4ccccc34)nc21. The molecule has 0 unspecified atom stereocenters. The van der Waals surface area contributed by atoms with Gasteiger partial charge in [-0.1, -0.05) is 24.3 Å². The van der Waals surface area contributed by atoms with E-state index in [1.165, 1.54) is 12.8 Å². The van der Waals surface area contributed by atoms with Gasteiger partial charge in [0.05, 0.1) is 6.33 Å². The maximum absolute atomic E-state index is 4.75. The van der Waals surface area contributed by atoms with Crippen LogP contribution in [0.5, 0.6) is 0 Å². The quantitative estimate of drug-likeness (QED) is 0.554. The van der Waals surface area contributed by atoms with E-state index < -0.39 is 0 Å². The lowest BCUT2D eigenvalue weighted by atomic mass is 10.1. The van der Waals surface area contributed by atoms with E-state index in [0.717, 1.165) is 33.6 Å². The topological polar surface area (TPSA) is 80.5 Å². The lowest BCUT2D eigenvalue weighted by molar-refractivity contribution is 0.613. The average Bonchev–Trinajstić information content (AvgIpc) is 3.37. The van der Waals surface area contributed by atoms with Gasteiger partial charge >= 0.3 is 0 Å². The monoisotopic (exact) mass is 359 g/mol. The van der Waals surface area contributed by atoms with Gasteiger partial charge in [0.25, 0.3) is 0 Å². The van der Waals surface area contributed by atoms with Gasteiger partial charge in [-0.3, -0.25) is 0 Å². The van der Waals surface area contributed by atoms with Crippen LogP contribution in [-0.4, -0.2) is 30.5 Å². The van der Waals surface area contributed by atoms with E-state index in [4.69, 9.17) is 9.97 Å². The van der Waals surface area contributed by atoms with Crippen LogP contribution >= 0.6 is 0 Å². The Balaban J connectivity index is 1.62. The van der Waals surface area contributed by atoms with Crippen molar-refractivity contribution in [3.8, 4) is 0 Å². The van der Waals surface area contributed by atoms with Crippen molar-refractivity contribution in [2.75, 3.05) is 10.6 Å². The van der Waals surface area contributed by atoms with Crippen molar-refractivity contribution in [3.63, 3.8) is 0 Å². The van der Waals surface area contributed by atoms with Crippen molar-refractivity contribution in [3.05, 3.63) is 42.9 Å². The van der Waals surface area contributed by atoms with Gasteiger partial charge in [-0.15, -0.1) is 0 Å². The molecule has 1 fully saturated rings. The highest BCUT2D eigenvalue weighted by Crippen LogP contribution is 2.30. The van der Waals surface area contributed by atoms with E-state index in [0.29, 0.717) is 12.0 Å². The predicted molar refractivity (Wildman–Crippen MR) is 107 cm³/mol. The zero-order valence-corrected chi connectivity index (χ0v) is 15.3. The summed E-state index contributed by atoms with van der Waals surface area (Å²) in [5.74, 6) is 2.06. The minimum absolute atomic E-state index is 0.266. The number of anilines is 3. The summed E-state index contributed by atoms with van der Waals surface area (Å²) in [5, 5.41) is 8.97. The summed E-state index contributed by atoms with van der Waals surface area (Å²) in [6.45, 7) is 4.24. The second-order valence-corrected chi connectivity index (χ2v) is 7.24. The fourth-order valence-electron chi connectivity index (χ4n) is 3.20. The number of benzene rings is 1. The first-order valence-corrected chi connectivity index (χ1v) is 9.31. The van der Waals surface area contributed by atoms with Crippen molar-refractivity contribution in [1.29, 1.82) is 0 Å². The summed E-state index contributed by atoms with van der Waals surface area (Å²) in [6.07, 6.45) is 5.97. The molecule has 0 amide bonds. The van der Waals surface area contributed by atoms with Crippen LogP contribution in [0.3, 0.4) is 0 Å². The number of rotatable bonds is 5. The highest BCUT2D eigenvalue weighted by molar-refractivity contribution is 5.93. The number of fused-ring (bicyclic) bond motifs is 2. The molecule has 1 aliphatic carbocycles. The fourth-order valence-corrected chi connectivity index (χ4v) is 3.20. The molecule has 3 heterocycles. The molecule has 1 aromatic carbocycles. The molecule has 0 bridgehead atoms. The molecule has 1 aliphatic rings. The van der Waals surface area contributed by atoms with E-state index >= 15 is 0 Å². The lowest BCUT2D eigenvalue weighted by Crippen LogP contribution is -2.09. The van der Waals surface area contributed by atoms with Crippen LogP contribution in [0, 0.1) is 0 Å². The van der Waals surface area contributed by atoms with Crippen molar-refractivity contribution in [2.45, 2.75) is 38.8 Å². The number of hydrogen-bond acceptors (Lipinski definition) is 6. The largest absolute Gasteiger partial charge is 0.365 e. The fraction of sp³-hybridized carbons (Fsp3) is 0.300. The molecular weight excluding hydrogens is 338 g/mol. The normalized spacial score (nSPS) is 14.2. The summed E-state index contributed by atoms with van der Waals surface area (Å²) in [6, 6.07) is 10.9. The highest BCUT2D eigenvalue weighted by Gasteiger charge is 2.24. The van der Waals surface area contributed by atoms with Crippen molar-refractivity contribution < 1.29 is 0 Å². The van der Waals surface area contributed by atoms with Crippen molar-refractivity contribution >= 4 is 39.5 Å². The Morgan fingerprint density at radius 1 is 1.04 bits per heavy atom. The molecule has 4 aromatic rings. The molecule has 0 radical (unpaired) electrons. The van der Waals surface area contributed by atoms with Crippen LogP contribution in [0.1, 0.15) is 32.7 Å². The molecule has 5 rings (SSSR count). The number of pyridine rings is 1. The molecule has 7 heteroatoms. The first-order valence-electron chi connectivity index (χ1n) is 9.31. The zero-order chi connectivity index (χ0) is 18.4. The van der Waals surface area contributed by atoms with Crippen LogP contribution in [0.4, 0.5) is 17.6 Å². The summed E-state index contributed by atoms with van der Waals surface area (Å²) in [5.41, 5.74) is 1.64. The zero-order valence-electron chi connectivity index (χ0n) is 15.3. The molecule has 0 atom stereocenters. The number of hydrogen-bond donors (Lipinski definition) is 2. The van der Waals surface area contributed by atoms with Gasteiger partial charge in [-0.25, -0.2) is 9.97 Å². The van der Waals surface area contributed by atoms with Crippen LogP contribution in [0.15, 0.2) is 42.9 Å². The van der Waals surface area contributed by atoms with Gasteiger partial charge in [-0.05, 0) is 38.1 Å². The van der Waals surface area contributed by atoms with Gasteiger partial charge in [-0.2, -0.15) is 9.97 Å². The van der Waals surface area contributed by atoms with Crippen LogP contribution in [0.2, 0.25) is 0 Å². The average molecular weight is 359 g/mol. The van der Waals surface area contributed by atoms with E-state index in [9.17, 15) is 0 Å². The Morgan fingerprint density at radius 2 is 1.89 bits per heavy atom.